The van der Waals surface area contributed by atoms with Gasteiger partial charge in [-0.15, -0.1) is 23.1 Å². The molecular weight excluding hydrogens is 238 g/mol. The molecule has 0 fully saturated rings. The predicted octanol–water partition coefficient (Wildman–Crippen LogP) is 3.62. The van der Waals surface area contributed by atoms with Crippen molar-refractivity contribution in [2.45, 2.75) is 30.5 Å². The molecule has 2 heterocycles. The van der Waals surface area contributed by atoms with Crippen LogP contribution in [-0.4, -0.2) is 22.3 Å². The van der Waals surface area contributed by atoms with Gasteiger partial charge in [-0.3, -0.25) is 0 Å². The van der Waals surface area contributed by atoms with Crippen LogP contribution < -0.4 is 5.32 Å². The Hall–Kier alpha value is -0.810. The number of rotatable bonds is 4. The molecule has 0 saturated heterocycles. The fourth-order valence-corrected chi connectivity index (χ4v) is 3.11. The Morgan fingerprint density at radius 3 is 3.00 bits per heavy atom. The summed E-state index contributed by atoms with van der Waals surface area (Å²) in [6.07, 6.45) is 1.15. The molecule has 2 rings (SSSR count). The summed E-state index contributed by atoms with van der Waals surface area (Å²) in [4.78, 5) is 10.0. The van der Waals surface area contributed by atoms with Gasteiger partial charge in [-0.25, -0.2) is 9.97 Å². The van der Waals surface area contributed by atoms with Crippen LogP contribution in [0.1, 0.15) is 20.3 Å². The minimum absolute atomic E-state index is 0.586. The number of anilines is 1. The molecule has 86 valence electrons. The highest BCUT2D eigenvalue weighted by Crippen LogP contribution is 2.32. The van der Waals surface area contributed by atoms with Crippen LogP contribution in [0.15, 0.2) is 16.5 Å². The minimum Gasteiger partial charge on any atom is -0.357 e. The van der Waals surface area contributed by atoms with Gasteiger partial charge in [-0.2, -0.15) is 0 Å². The second-order valence-electron chi connectivity index (χ2n) is 3.58. The lowest BCUT2D eigenvalue weighted by molar-refractivity contribution is 0.902. The predicted molar refractivity (Wildman–Crippen MR) is 72.6 cm³/mol. The Balaban J connectivity index is 2.44. The quantitative estimate of drug-likeness (QED) is 0.667. The molecule has 0 spiro atoms. The summed E-state index contributed by atoms with van der Waals surface area (Å²) in [5.41, 5.74) is 0. The first kappa shape index (κ1) is 11.7. The highest BCUT2D eigenvalue weighted by molar-refractivity contribution is 8.00. The molecule has 3 nitrogen and oxygen atoms in total. The van der Waals surface area contributed by atoms with Gasteiger partial charge in [-0.05, 0) is 17.9 Å². The summed E-state index contributed by atoms with van der Waals surface area (Å²) < 4.78 is 0. The van der Waals surface area contributed by atoms with E-state index in [1.807, 2.05) is 18.8 Å². The van der Waals surface area contributed by atoms with E-state index >= 15 is 0 Å². The second kappa shape index (κ2) is 5.01. The maximum absolute atomic E-state index is 4.53. The van der Waals surface area contributed by atoms with Gasteiger partial charge in [0.1, 0.15) is 9.86 Å². The van der Waals surface area contributed by atoms with Crippen molar-refractivity contribution in [1.82, 2.24) is 9.97 Å². The van der Waals surface area contributed by atoms with Crippen LogP contribution in [0.3, 0.4) is 0 Å². The molecular formula is C11H15N3S2. The Morgan fingerprint density at radius 1 is 1.50 bits per heavy atom. The van der Waals surface area contributed by atoms with E-state index in [4.69, 9.17) is 0 Å². The average Bonchev–Trinajstić information content (AvgIpc) is 2.76. The van der Waals surface area contributed by atoms with Crippen molar-refractivity contribution in [1.29, 1.82) is 0 Å². The molecule has 0 saturated carbocycles. The van der Waals surface area contributed by atoms with Crippen molar-refractivity contribution >= 4 is 39.3 Å². The topological polar surface area (TPSA) is 37.8 Å². The molecule has 0 amide bonds. The first-order valence-electron chi connectivity index (χ1n) is 5.34. The zero-order valence-corrected chi connectivity index (χ0v) is 11.3. The molecule has 0 aliphatic rings. The van der Waals surface area contributed by atoms with Crippen molar-refractivity contribution in [3.63, 3.8) is 0 Å². The molecule has 5 heteroatoms. The number of thiophene rings is 1. The van der Waals surface area contributed by atoms with Crippen molar-refractivity contribution in [3.8, 4) is 0 Å². The van der Waals surface area contributed by atoms with Gasteiger partial charge in [0.05, 0.1) is 0 Å². The lowest BCUT2D eigenvalue weighted by Gasteiger charge is -2.09. The SMILES string of the molecule is CCC(C)Sc1nc(NC)nc2sccc12. The lowest BCUT2D eigenvalue weighted by atomic mass is 10.4. The van der Waals surface area contributed by atoms with Crippen LogP contribution in [0.25, 0.3) is 10.2 Å². The number of aromatic nitrogens is 2. The monoisotopic (exact) mass is 253 g/mol. The number of nitrogens with zero attached hydrogens (tertiary/aromatic N) is 2. The van der Waals surface area contributed by atoms with E-state index in [-0.39, 0.29) is 0 Å². The van der Waals surface area contributed by atoms with Crippen LogP contribution in [0.5, 0.6) is 0 Å². The fourth-order valence-electron chi connectivity index (χ4n) is 1.30. The van der Waals surface area contributed by atoms with E-state index in [1.54, 1.807) is 11.3 Å². The summed E-state index contributed by atoms with van der Waals surface area (Å²) in [7, 11) is 1.85. The first-order valence-corrected chi connectivity index (χ1v) is 7.10. The van der Waals surface area contributed by atoms with Gasteiger partial charge in [-0.1, -0.05) is 13.8 Å². The van der Waals surface area contributed by atoms with Gasteiger partial charge in [0, 0.05) is 17.7 Å². The summed E-state index contributed by atoms with van der Waals surface area (Å²) >= 11 is 3.48. The van der Waals surface area contributed by atoms with E-state index in [9.17, 15) is 0 Å². The van der Waals surface area contributed by atoms with E-state index in [0.717, 1.165) is 16.3 Å². The normalized spacial score (nSPS) is 12.9. The van der Waals surface area contributed by atoms with Gasteiger partial charge in [0.25, 0.3) is 0 Å². The molecule has 1 unspecified atom stereocenters. The van der Waals surface area contributed by atoms with Crippen LogP contribution in [0.2, 0.25) is 0 Å². The molecule has 2 aromatic heterocycles. The summed E-state index contributed by atoms with van der Waals surface area (Å²) in [5.74, 6) is 0.709. The van der Waals surface area contributed by atoms with Gasteiger partial charge in [0.15, 0.2) is 0 Å². The molecule has 0 aromatic carbocycles. The van der Waals surface area contributed by atoms with E-state index in [0.29, 0.717) is 11.2 Å². The number of nitrogens with one attached hydrogen (secondary N) is 1. The van der Waals surface area contributed by atoms with Crippen molar-refractivity contribution < 1.29 is 0 Å². The standard InChI is InChI=1S/C11H15N3S2/c1-4-7(2)16-10-8-5-6-15-9(8)13-11(12-3)14-10/h5-7H,4H2,1-3H3,(H,12,13,14). The van der Waals surface area contributed by atoms with E-state index in [1.165, 1.54) is 5.39 Å². The number of hydrogen-bond donors (Lipinski definition) is 1. The third kappa shape index (κ3) is 2.30. The molecule has 2 aromatic rings. The van der Waals surface area contributed by atoms with Gasteiger partial charge >= 0.3 is 0 Å². The smallest absolute Gasteiger partial charge is 0.224 e. The zero-order chi connectivity index (χ0) is 11.5. The van der Waals surface area contributed by atoms with Crippen LogP contribution in [-0.2, 0) is 0 Å². The Labute approximate surface area is 104 Å². The molecule has 1 atom stereocenters. The van der Waals surface area contributed by atoms with E-state index in [2.05, 4.69) is 40.6 Å². The molecule has 16 heavy (non-hydrogen) atoms. The van der Waals surface area contributed by atoms with Crippen LogP contribution in [0.4, 0.5) is 5.95 Å². The van der Waals surface area contributed by atoms with Crippen LogP contribution in [0, 0.1) is 0 Å². The minimum atomic E-state index is 0.586. The van der Waals surface area contributed by atoms with E-state index < -0.39 is 0 Å². The molecule has 1 N–H and O–H groups in total. The number of thioether (sulfide) groups is 1. The third-order valence-corrected chi connectivity index (χ3v) is 4.48. The summed E-state index contributed by atoms with van der Waals surface area (Å²) in [5, 5.41) is 7.93. The van der Waals surface area contributed by atoms with Gasteiger partial charge < -0.3 is 5.32 Å². The van der Waals surface area contributed by atoms with Gasteiger partial charge in [0.2, 0.25) is 5.95 Å². The van der Waals surface area contributed by atoms with Crippen LogP contribution >= 0.6 is 23.1 Å². The molecule has 0 radical (unpaired) electrons. The summed E-state index contributed by atoms with van der Waals surface area (Å²) in [6, 6.07) is 2.10. The third-order valence-electron chi connectivity index (χ3n) is 2.40. The average molecular weight is 253 g/mol. The first-order chi connectivity index (χ1) is 7.74. The van der Waals surface area contributed by atoms with Crippen molar-refractivity contribution in [2.24, 2.45) is 0 Å². The Kier molecular flexibility index (Phi) is 3.66. The number of fused-ring (bicyclic) bond motifs is 1. The Bertz CT molecular complexity index is 481. The fraction of sp³-hybridized carbons (Fsp3) is 0.455. The second-order valence-corrected chi connectivity index (χ2v) is 5.90. The molecule has 0 aliphatic heterocycles. The molecule has 0 bridgehead atoms. The highest BCUT2D eigenvalue weighted by Gasteiger charge is 2.11. The number of hydrogen-bond acceptors (Lipinski definition) is 5. The largest absolute Gasteiger partial charge is 0.357 e. The Morgan fingerprint density at radius 2 is 2.31 bits per heavy atom. The van der Waals surface area contributed by atoms with Crippen molar-refractivity contribution in [3.05, 3.63) is 11.4 Å². The lowest BCUT2D eigenvalue weighted by Crippen LogP contribution is -1.99. The van der Waals surface area contributed by atoms with Crippen molar-refractivity contribution in [2.75, 3.05) is 12.4 Å². The maximum Gasteiger partial charge on any atom is 0.224 e. The highest BCUT2D eigenvalue weighted by atomic mass is 32.2. The maximum atomic E-state index is 4.53. The zero-order valence-electron chi connectivity index (χ0n) is 9.65. The summed E-state index contributed by atoms with van der Waals surface area (Å²) in [6.45, 7) is 4.42. The molecule has 0 aliphatic carbocycles.